The number of aryl methyl sites for hydroxylation is 1. The molecule has 0 saturated heterocycles. The van der Waals surface area contributed by atoms with Gasteiger partial charge in [0.2, 0.25) is 0 Å². The van der Waals surface area contributed by atoms with Gasteiger partial charge in [0, 0.05) is 0 Å². The van der Waals surface area contributed by atoms with Crippen LogP contribution in [-0.4, -0.2) is 27.4 Å². The molecule has 0 atom stereocenters. The van der Waals surface area contributed by atoms with Crippen molar-refractivity contribution in [1.82, 2.24) is 10.2 Å². The van der Waals surface area contributed by atoms with Gasteiger partial charge in [0.05, 0.1) is 17.8 Å². The summed E-state index contributed by atoms with van der Waals surface area (Å²) in [5.74, 6) is 0.497. The van der Waals surface area contributed by atoms with E-state index in [9.17, 15) is 10.4 Å². The zero-order valence-corrected chi connectivity index (χ0v) is 10.8. The van der Waals surface area contributed by atoms with Gasteiger partial charge >= 0.3 is 0 Å². The maximum Gasteiger partial charge on any atom is 0.167 e. The quantitative estimate of drug-likeness (QED) is 0.848. The van der Waals surface area contributed by atoms with Gasteiger partial charge in [-0.3, -0.25) is 0 Å². The topological polar surface area (TPSA) is 81.8 Å². The summed E-state index contributed by atoms with van der Waals surface area (Å²) in [6.45, 7) is 3.77. The first-order valence-corrected chi connectivity index (χ1v) is 6.25. The molecule has 1 fully saturated rings. The molecule has 0 unspecified atom stereocenters. The summed E-state index contributed by atoms with van der Waals surface area (Å²) in [6.07, 6.45) is 3.99. The van der Waals surface area contributed by atoms with Crippen molar-refractivity contribution in [1.29, 1.82) is 5.26 Å². The van der Waals surface area contributed by atoms with Crippen LogP contribution in [0.4, 0.5) is 5.82 Å². The molecule has 0 spiro atoms. The Balaban J connectivity index is 2.35. The average Bonchev–Trinajstić information content (AvgIpc) is 2.84. The van der Waals surface area contributed by atoms with Gasteiger partial charge in [-0.1, -0.05) is 12.8 Å². The van der Waals surface area contributed by atoms with Gasteiger partial charge in [-0.05, 0) is 32.3 Å². The summed E-state index contributed by atoms with van der Waals surface area (Å²) in [6, 6.07) is 2.17. The molecule has 18 heavy (non-hydrogen) atoms. The van der Waals surface area contributed by atoms with Crippen LogP contribution in [0.5, 0.6) is 0 Å². The SMILES string of the molecule is Cc1nnc(NC2(CO)CCCC2)c(C#N)c1C. The van der Waals surface area contributed by atoms with E-state index in [1.807, 2.05) is 13.8 Å². The van der Waals surface area contributed by atoms with E-state index < -0.39 is 0 Å². The highest BCUT2D eigenvalue weighted by atomic mass is 16.3. The van der Waals surface area contributed by atoms with Gasteiger partial charge in [0.15, 0.2) is 5.82 Å². The van der Waals surface area contributed by atoms with Crippen molar-refractivity contribution in [2.45, 2.75) is 45.1 Å². The fraction of sp³-hybridized carbons (Fsp3) is 0.615. The lowest BCUT2D eigenvalue weighted by molar-refractivity contribution is 0.213. The number of nitrogens with zero attached hydrogens (tertiary/aromatic N) is 3. The first-order valence-electron chi connectivity index (χ1n) is 6.25. The maximum absolute atomic E-state index is 9.57. The Kier molecular flexibility index (Phi) is 3.48. The highest BCUT2D eigenvalue weighted by Crippen LogP contribution is 2.33. The minimum atomic E-state index is -0.331. The third kappa shape index (κ3) is 2.16. The smallest absolute Gasteiger partial charge is 0.167 e. The maximum atomic E-state index is 9.57. The summed E-state index contributed by atoms with van der Waals surface area (Å²) >= 11 is 0. The van der Waals surface area contributed by atoms with Gasteiger partial charge in [-0.15, -0.1) is 5.10 Å². The molecule has 96 valence electrons. The number of nitrogens with one attached hydrogen (secondary N) is 1. The third-order valence-electron chi connectivity index (χ3n) is 3.81. The van der Waals surface area contributed by atoms with Crippen molar-refractivity contribution in [2.24, 2.45) is 0 Å². The number of aromatic nitrogens is 2. The third-order valence-corrected chi connectivity index (χ3v) is 3.81. The van der Waals surface area contributed by atoms with E-state index in [1.165, 1.54) is 0 Å². The van der Waals surface area contributed by atoms with Gasteiger partial charge in [0.25, 0.3) is 0 Å². The van der Waals surface area contributed by atoms with Gasteiger partial charge in [0.1, 0.15) is 11.6 Å². The zero-order valence-electron chi connectivity index (χ0n) is 10.8. The van der Waals surface area contributed by atoms with Crippen LogP contribution in [0.1, 0.15) is 42.5 Å². The van der Waals surface area contributed by atoms with E-state index in [1.54, 1.807) is 0 Å². The fourth-order valence-electron chi connectivity index (χ4n) is 2.46. The van der Waals surface area contributed by atoms with Gasteiger partial charge in [-0.25, -0.2) is 0 Å². The second-order valence-corrected chi connectivity index (χ2v) is 5.02. The number of hydrogen-bond acceptors (Lipinski definition) is 5. The molecule has 1 saturated carbocycles. The first kappa shape index (κ1) is 12.8. The molecule has 0 bridgehead atoms. The summed E-state index contributed by atoms with van der Waals surface area (Å²) in [4.78, 5) is 0. The number of aliphatic hydroxyl groups is 1. The standard InChI is InChI=1S/C13H18N4O/c1-9-10(2)16-17-12(11(9)7-14)15-13(8-18)5-3-4-6-13/h18H,3-6,8H2,1-2H3,(H,15,17). The Labute approximate surface area is 107 Å². The molecule has 1 aliphatic rings. The predicted octanol–water partition coefficient (Wildman–Crippen LogP) is 1.68. The van der Waals surface area contributed by atoms with Crippen LogP contribution in [0.3, 0.4) is 0 Å². The van der Waals surface area contributed by atoms with Crippen LogP contribution in [0.15, 0.2) is 0 Å². The van der Waals surface area contributed by atoms with Crippen LogP contribution in [-0.2, 0) is 0 Å². The lowest BCUT2D eigenvalue weighted by atomic mass is 9.98. The van der Waals surface area contributed by atoms with E-state index in [0.29, 0.717) is 11.4 Å². The van der Waals surface area contributed by atoms with E-state index in [-0.39, 0.29) is 12.1 Å². The second kappa shape index (κ2) is 4.91. The van der Waals surface area contributed by atoms with Crippen molar-refractivity contribution in [3.63, 3.8) is 0 Å². The Morgan fingerprint density at radius 1 is 1.33 bits per heavy atom. The Bertz CT molecular complexity index is 486. The number of rotatable bonds is 3. The lowest BCUT2D eigenvalue weighted by Gasteiger charge is -2.29. The highest BCUT2D eigenvalue weighted by Gasteiger charge is 2.34. The molecule has 0 aliphatic heterocycles. The van der Waals surface area contributed by atoms with Crippen LogP contribution < -0.4 is 5.32 Å². The number of anilines is 1. The van der Waals surface area contributed by atoms with Crippen LogP contribution >= 0.6 is 0 Å². The fourth-order valence-corrected chi connectivity index (χ4v) is 2.46. The van der Waals surface area contributed by atoms with Crippen LogP contribution in [0.2, 0.25) is 0 Å². The molecular formula is C13H18N4O. The van der Waals surface area contributed by atoms with Crippen molar-refractivity contribution in [2.75, 3.05) is 11.9 Å². The van der Waals surface area contributed by atoms with Crippen molar-refractivity contribution in [3.05, 3.63) is 16.8 Å². The van der Waals surface area contributed by atoms with Crippen LogP contribution in [0.25, 0.3) is 0 Å². The zero-order chi connectivity index (χ0) is 13.2. The largest absolute Gasteiger partial charge is 0.394 e. The van der Waals surface area contributed by atoms with Crippen molar-refractivity contribution < 1.29 is 5.11 Å². The molecule has 5 nitrogen and oxygen atoms in total. The minimum Gasteiger partial charge on any atom is -0.394 e. The molecule has 1 aromatic heterocycles. The molecule has 2 rings (SSSR count). The number of hydrogen-bond donors (Lipinski definition) is 2. The molecule has 1 heterocycles. The average molecular weight is 246 g/mol. The second-order valence-electron chi connectivity index (χ2n) is 5.02. The van der Waals surface area contributed by atoms with E-state index in [0.717, 1.165) is 36.9 Å². The Morgan fingerprint density at radius 3 is 2.56 bits per heavy atom. The highest BCUT2D eigenvalue weighted by molar-refractivity contribution is 5.57. The normalized spacial score (nSPS) is 17.4. The number of nitriles is 1. The lowest BCUT2D eigenvalue weighted by Crippen LogP contribution is -2.39. The van der Waals surface area contributed by atoms with Crippen LogP contribution in [0, 0.1) is 25.2 Å². The van der Waals surface area contributed by atoms with E-state index in [2.05, 4.69) is 21.6 Å². The van der Waals surface area contributed by atoms with E-state index >= 15 is 0 Å². The monoisotopic (exact) mass is 246 g/mol. The first-order chi connectivity index (χ1) is 8.62. The molecule has 1 aliphatic carbocycles. The minimum absolute atomic E-state index is 0.0620. The van der Waals surface area contributed by atoms with Gasteiger partial charge in [-0.2, -0.15) is 10.4 Å². The van der Waals surface area contributed by atoms with Crippen molar-refractivity contribution in [3.8, 4) is 6.07 Å². The summed E-state index contributed by atoms with van der Waals surface area (Å²) in [5, 5.41) is 30.2. The summed E-state index contributed by atoms with van der Waals surface area (Å²) in [5.41, 5.74) is 1.81. The summed E-state index contributed by atoms with van der Waals surface area (Å²) in [7, 11) is 0. The number of aliphatic hydroxyl groups excluding tert-OH is 1. The van der Waals surface area contributed by atoms with Crippen molar-refractivity contribution >= 4 is 5.82 Å². The molecule has 0 radical (unpaired) electrons. The summed E-state index contributed by atoms with van der Waals surface area (Å²) < 4.78 is 0. The molecular weight excluding hydrogens is 228 g/mol. The molecule has 2 N–H and O–H groups in total. The Morgan fingerprint density at radius 2 is 2.00 bits per heavy atom. The van der Waals surface area contributed by atoms with Gasteiger partial charge < -0.3 is 10.4 Å². The molecule has 1 aromatic rings. The molecule has 0 amide bonds. The van der Waals surface area contributed by atoms with E-state index in [4.69, 9.17) is 0 Å². The molecule has 5 heteroatoms. The predicted molar refractivity (Wildman–Crippen MR) is 68.1 cm³/mol. The molecule has 0 aromatic carbocycles. The Hall–Kier alpha value is -1.67.